The molecule has 0 amide bonds. The van der Waals surface area contributed by atoms with Gasteiger partial charge in [0, 0.05) is 11.1 Å². The summed E-state index contributed by atoms with van der Waals surface area (Å²) < 4.78 is 41.7. The molecular formula is C23H17F3. The fourth-order valence-corrected chi connectivity index (χ4v) is 2.68. The third kappa shape index (κ3) is 4.15. The minimum Gasteiger partial charge on any atom is -0.207 e. The molecule has 0 aliphatic heterocycles. The van der Waals surface area contributed by atoms with Crippen molar-refractivity contribution < 1.29 is 13.2 Å². The van der Waals surface area contributed by atoms with Crippen molar-refractivity contribution in [2.75, 3.05) is 0 Å². The van der Waals surface area contributed by atoms with Crippen LogP contribution in [-0.2, 0) is 6.42 Å². The zero-order chi connectivity index (χ0) is 18.5. The van der Waals surface area contributed by atoms with Crippen LogP contribution in [0.25, 0.3) is 11.1 Å². The van der Waals surface area contributed by atoms with Gasteiger partial charge in [0.15, 0.2) is 0 Å². The predicted octanol–water partition coefficient (Wildman–Crippen LogP) is 6.12. The number of aryl methyl sites for hydroxylation is 1. The van der Waals surface area contributed by atoms with Crippen LogP contribution in [0.2, 0.25) is 0 Å². The van der Waals surface area contributed by atoms with Crippen molar-refractivity contribution in [3.63, 3.8) is 0 Å². The van der Waals surface area contributed by atoms with E-state index in [4.69, 9.17) is 0 Å². The van der Waals surface area contributed by atoms with Crippen LogP contribution in [0.15, 0.2) is 60.7 Å². The Kier molecular flexibility index (Phi) is 5.43. The van der Waals surface area contributed by atoms with E-state index in [-0.39, 0.29) is 11.1 Å². The number of hydrogen-bond donors (Lipinski definition) is 0. The molecule has 0 heterocycles. The Morgan fingerprint density at radius 3 is 2.12 bits per heavy atom. The van der Waals surface area contributed by atoms with Gasteiger partial charge in [0.2, 0.25) is 0 Å². The largest absolute Gasteiger partial charge is 0.207 e. The lowest BCUT2D eigenvalue weighted by atomic mass is 10.0. The van der Waals surface area contributed by atoms with Crippen LogP contribution >= 0.6 is 0 Å². The third-order valence-electron chi connectivity index (χ3n) is 4.05. The molecule has 0 atom stereocenters. The first-order chi connectivity index (χ1) is 12.6. The maximum atomic E-state index is 14.4. The monoisotopic (exact) mass is 350 g/mol. The number of halogens is 3. The second kappa shape index (κ2) is 7.93. The Balaban J connectivity index is 1.88. The van der Waals surface area contributed by atoms with Gasteiger partial charge in [-0.2, -0.15) is 0 Å². The minimum absolute atomic E-state index is 0.00834. The Morgan fingerprint density at radius 1 is 0.769 bits per heavy atom. The zero-order valence-electron chi connectivity index (χ0n) is 14.3. The molecule has 3 aromatic carbocycles. The molecule has 0 radical (unpaired) electrons. The van der Waals surface area contributed by atoms with Crippen LogP contribution in [0.3, 0.4) is 0 Å². The van der Waals surface area contributed by atoms with Gasteiger partial charge in [0.25, 0.3) is 0 Å². The fourth-order valence-electron chi connectivity index (χ4n) is 2.68. The van der Waals surface area contributed by atoms with Gasteiger partial charge >= 0.3 is 0 Å². The van der Waals surface area contributed by atoms with E-state index < -0.39 is 17.5 Å². The highest BCUT2D eigenvalue weighted by molar-refractivity contribution is 5.65. The van der Waals surface area contributed by atoms with Crippen molar-refractivity contribution in [2.24, 2.45) is 0 Å². The van der Waals surface area contributed by atoms with Crippen molar-refractivity contribution in [2.45, 2.75) is 19.8 Å². The quantitative estimate of drug-likeness (QED) is 0.499. The molecule has 0 saturated carbocycles. The van der Waals surface area contributed by atoms with E-state index in [0.717, 1.165) is 30.5 Å². The van der Waals surface area contributed by atoms with Crippen molar-refractivity contribution in [3.8, 4) is 23.0 Å². The highest BCUT2D eigenvalue weighted by atomic mass is 19.1. The molecule has 0 aromatic heterocycles. The van der Waals surface area contributed by atoms with Crippen molar-refractivity contribution >= 4 is 0 Å². The van der Waals surface area contributed by atoms with E-state index >= 15 is 0 Å². The minimum atomic E-state index is -0.610. The van der Waals surface area contributed by atoms with Gasteiger partial charge in [0.1, 0.15) is 17.5 Å². The van der Waals surface area contributed by atoms with Crippen molar-refractivity contribution in [3.05, 3.63) is 94.8 Å². The van der Waals surface area contributed by atoms with Gasteiger partial charge in [-0.3, -0.25) is 0 Å². The molecule has 0 aliphatic rings. The summed E-state index contributed by atoms with van der Waals surface area (Å²) in [4.78, 5) is 0. The summed E-state index contributed by atoms with van der Waals surface area (Å²) >= 11 is 0. The summed E-state index contributed by atoms with van der Waals surface area (Å²) in [6.07, 6.45) is 2.06. The molecule has 3 rings (SSSR count). The average Bonchev–Trinajstić information content (AvgIpc) is 2.64. The van der Waals surface area contributed by atoms with Gasteiger partial charge < -0.3 is 0 Å². The van der Waals surface area contributed by atoms with E-state index in [9.17, 15) is 13.2 Å². The highest BCUT2D eigenvalue weighted by Gasteiger charge is 2.10. The third-order valence-corrected chi connectivity index (χ3v) is 4.05. The van der Waals surface area contributed by atoms with Crippen LogP contribution in [0.5, 0.6) is 0 Å². The van der Waals surface area contributed by atoms with Gasteiger partial charge in [-0.1, -0.05) is 49.5 Å². The van der Waals surface area contributed by atoms with Gasteiger partial charge in [-0.05, 0) is 53.9 Å². The maximum Gasteiger partial charge on any atom is 0.139 e. The lowest BCUT2D eigenvalue weighted by Gasteiger charge is -2.05. The smallest absolute Gasteiger partial charge is 0.139 e. The predicted molar refractivity (Wildman–Crippen MR) is 98.2 cm³/mol. The molecule has 0 nitrogen and oxygen atoms in total. The van der Waals surface area contributed by atoms with Crippen LogP contribution in [0.1, 0.15) is 30.0 Å². The normalized spacial score (nSPS) is 10.3. The van der Waals surface area contributed by atoms with Gasteiger partial charge in [-0.25, -0.2) is 13.2 Å². The first-order valence-electron chi connectivity index (χ1n) is 8.43. The summed E-state index contributed by atoms with van der Waals surface area (Å²) in [6.45, 7) is 2.11. The molecule has 130 valence electrons. The Hall–Kier alpha value is -2.99. The van der Waals surface area contributed by atoms with Gasteiger partial charge in [-0.15, -0.1) is 0 Å². The first-order valence-corrected chi connectivity index (χ1v) is 8.43. The molecule has 3 heteroatoms. The second-order valence-electron chi connectivity index (χ2n) is 6.02. The topological polar surface area (TPSA) is 0 Å². The number of rotatable bonds is 3. The standard InChI is InChI=1S/C23H17F3/c1-2-3-16-4-6-17(7-5-16)8-9-19-14-23(26)21(15-22(19)25)18-10-12-20(24)13-11-18/h4-7,10-15H,2-3H2,1H3. The SMILES string of the molecule is CCCc1ccc(C#Cc2cc(F)c(-c3ccc(F)cc3)cc2F)cc1. The van der Waals surface area contributed by atoms with E-state index in [0.29, 0.717) is 5.56 Å². The summed E-state index contributed by atoms with van der Waals surface area (Å²) in [5, 5.41) is 0. The summed E-state index contributed by atoms with van der Waals surface area (Å²) in [7, 11) is 0. The Bertz CT molecular complexity index is 959. The lowest BCUT2D eigenvalue weighted by molar-refractivity contribution is 0.600. The molecule has 0 bridgehead atoms. The first kappa shape index (κ1) is 17.8. The van der Waals surface area contributed by atoms with Crippen LogP contribution in [0.4, 0.5) is 13.2 Å². The Labute approximate surface area is 151 Å². The van der Waals surface area contributed by atoms with Crippen molar-refractivity contribution in [1.29, 1.82) is 0 Å². The molecule has 0 fully saturated rings. The van der Waals surface area contributed by atoms with Crippen LogP contribution in [-0.4, -0.2) is 0 Å². The average molecular weight is 350 g/mol. The number of hydrogen-bond acceptors (Lipinski definition) is 0. The van der Waals surface area contributed by atoms with Crippen LogP contribution in [0, 0.1) is 29.3 Å². The molecule has 0 spiro atoms. The second-order valence-corrected chi connectivity index (χ2v) is 6.02. The zero-order valence-corrected chi connectivity index (χ0v) is 14.3. The highest BCUT2D eigenvalue weighted by Crippen LogP contribution is 2.25. The van der Waals surface area contributed by atoms with Crippen LogP contribution < -0.4 is 0 Å². The van der Waals surface area contributed by atoms with E-state index in [1.54, 1.807) is 0 Å². The fraction of sp³-hybridized carbons (Fsp3) is 0.130. The van der Waals surface area contributed by atoms with Crippen molar-refractivity contribution in [1.82, 2.24) is 0 Å². The summed E-state index contributed by atoms with van der Waals surface area (Å²) in [5.74, 6) is 3.91. The Morgan fingerprint density at radius 2 is 1.46 bits per heavy atom. The van der Waals surface area contributed by atoms with E-state index in [1.165, 1.54) is 29.8 Å². The number of benzene rings is 3. The molecule has 0 aliphatic carbocycles. The molecule has 26 heavy (non-hydrogen) atoms. The maximum absolute atomic E-state index is 14.4. The summed E-state index contributed by atoms with van der Waals surface area (Å²) in [6, 6.07) is 15.1. The van der Waals surface area contributed by atoms with E-state index in [1.807, 2.05) is 24.3 Å². The summed E-state index contributed by atoms with van der Waals surface area (Å²) in [5.41, 5.74) is 2.45. The molecule has 0 unspecified atom stereocenters. The molecule has 0 saturated heterocycles. The molecule has 0 N–H and O–H groups in total. The lowest BCUT2D eigenvalue weighted by Crippen LogP contribution is -1.92. The molecular weight excluding hydrogens is 333 g/mol. The van der Waals surface area contributed by atoms with E-state index in [2.05, 4.69) is 18.8 Å². The van der Waals surface area contributed by atoms with Gasteiger partial charge in [0.05, 0.1) is 5.56 Å². The molecule has 3 aromatic rings.